The molecule has 3 atom stereocenters. The predicted octanol–water partition coefficient (Wildman–Crippen LogP) is -2.51. The lowest BCUT2D eigenvalue weighted by molar-refractivity contribution is -0.0464. The summed E-state index contributed by atoms with van der Waals surface area (Å²) in [6, 6.07) is 0. The molecular weight excluding hydrogens is 354 g/mol. The normalized spacial score (nSPS) is 22.4. The predicted molar refractivity (Wildman–Crippen MR) is 101 cm³/mol. The Morgan fingerprint density at radius 3 is 2.59 bits per heavy atom. The Labute approximate surface area is 157 Å². The fourth-order valence-electron chi connectivity index (χ4n) is 3.10. The minimum atomic E-state index is -0.843. The van der Waals surface area contributed by atoms with Gasteiger partial charge in [0.1, 0.15) is 12.3 Å². The van der Waals surface area contributed by atoms with Crippen molar-refractivity contribution in [2.75, 3.05) is 39.3 Å². The molecule has 0 aromatic carbocycles. The van der Waals surface area contributed by atoms with Crippen LogP contribution in [0.2, 0.25) is 0 Å². The Kier molecular flexibility index (Phi) is 8.61. The average molecular weight is 385 g/mol. The summed E-state index contributed by atoms with van der Waals surface area (Å²) in [6.07, 6.45) is 0.0224. The molecule has 0 amide bonds. The molecule has 0 radical (unpaired) electrons. The van der Waals surface area contributed by atoms with Crippen molar-refractivity contribution >= 4 is 0 Å². The minimum absolute atomic E-state index is 0.195. The molecule has 1 aromatic rings. The van der Waals surface area contributed by atoms with Gasteiger partial charge in [-0.15, -0.1) is 0 Å². The van der Waals surface area contributed by atoms with E-state index in [0.29, 0.717) is 31.6 Å². The van der Waals surface area contributed by atoms with Crippen LogP contribution < -0.4 is 27.6 Å². The number of aliphatic hydroxyl groups excluding tert-OH is 2. The van der Waals surface area contributed by atoms with Crippen LogP contribution >= 0.6 is 0 Å². The second kappa shape index (κ2) is 10.7. The summed E-state index contributed by atoms with van der Waals surface area (Å²) in [5.41, 5.74) is 5.04. The molecule has 1 aromatic heterocycles. The van der Waals surface area contributed by atoms with Crippen molar-refractivity contribution in [1.29, 1.82) is 0 Å². The molecule has 2 heterocycles. The van der Waals surface area contributed by atoms with Crippen LogP contribution in [0.15, 0.2) is 15.8 Å². The van der Waals surface area contributed by atoms with Crippen LogP contribution in [-0.2, 0) is 11.3 Å². The Hall–Kier alpha value is -1.56. The average Bonchev–Trinajstić information content (AvgIpc) is 3.03. The summed E-state index contributed by atoms with van der Waals surface area (Å²) >= 11 is 0. The van der Waals surface area contributed by atoms with Gasteiger partial charge < -0.3 is 31.3 Å². The van der Waals surface area contributed by atoms with Crippen LogP contribution in [0.25, 0.3) is 0 Å². The van der Waals surface area contributed by atoms with Gasteiger partial charge in [-0.3, -0.25) is 13.9 Å². The smallest absolute Gasteiger partial charge is 0.333 e. The summed E-state index contributed by atoms with van der Waals surface area (Å²) < 4.78 is 8.08. The number of nitrogens with one attached hydrogen (secondary N) is 2. The number of aliphatic hydroxyl groups is 2. The molecule has 1 aliphatic rings. The number of ether oxygens (including phenoxy) is 1. The molecule has 0 bridgehead atoms. The lowest BCUT2D eigenvalue weighted by Gasteiger charge is -2.17. The number of hydrogen-bond acceptors (Lipinski definition) is 8. The summed E-state index contributed by atoms with van der Waals surface area (Å²) in [7, 11) is 0. The number of hydrogen-bond donors (Lipinski definition) is 5. The zero-order valence-corrected chi connectivity index (χ0v) is 15.8. The van der Waals surface area contributed by atoms with Crippen LogP contribution in [0.3, 0.4) is 0 Å². The molecular formula is C17H31N5O5. The lowest BCUT2D eigenvalue weighted by atomic mass is 10.2. The van der Waals surface area contributed by atoms with E-state index in [0.717, 1.165) is 19.6 Å². The Balaban J connectivity index is 1.98. The molecule has 1 fully saturated rings. The molecule has 1 aliphatic heterocycles. The Bertz CT molecular complexity index is 704. The van der Waals surface area contributed by atoms with E-state index in [1.165, 1.54) is 15.3 Å². The van der Waals surface area contributed by atoms with E-state index in [2.05, 4.69) is 10.6 Å². The third-order valence-electron chi connectivity index (χ3n) is 4.60. The highest BCUT2D eigenvalue weighted by molar-refractivity contribution is 5.04. The van der Waals surface area contributed by atoms with E-state index in [4.69, 9.17) is 10.5 Å². The first kappa shape index (κ1) is 21.7. The van der Waals surface area contributed by atoms with Gasteiger partial charge in [-0.2, -0.15) is 0 Å². The Morgan fingerprint density at radius 2 is 1.96 bits per heavy atom. The standard InChI is InChI=1S/C17H31N5O5/c1-12-10-22(15-9-13(24)14(11-23)27-15)17(26)21(16(12)25)8-2-4-19-6-7-20-5-3-18/h10,13-15,19-20,23-24H,2-9,11,18H2,1H3/t13-,14+,15+/m0/s1. The van der Waals surface area contributed by atoms with E-state index in [9.17, 15) is 19.8 Å². The maximum Gasteiger partial charge on any atom is 0.333 e. The van der Waals surface area contributed by atoms with Crippen LogP contribution in [-0.4, -0.2) is 70.9 Å². The first-order valence-electron chi connectivity index (χ1n) is 9.38. The second-order valence-electron chi connectivity index (χ2n) is 6.72. The molecule has 10 heteroatoms. The van der Waals surface area contributed by atoms with Gasteiger partial charge in [-0.1, -0.05) is 0 Å². The van der Waals surface area contributed by atoms with Gasteiger partial charge in [-0.25, -0.2) is 4.79 Å². The SMILES string of the molecule is Cc1cn([C@H]2C[C@H](O)[C@@H](CO)O2)c(=O)n(CCCNCCNCCN)c1=O. The number of rotatable bonds is 11. The van der Waals surface area contributed by atoms with Crippen molar-refractivity contribution in [2.45, 2.75) is 44.7 Å². The number of aryl methyl sites for hydroxylation is 1. The first-order valence-corrected chi connectivity index (χ1v) is 9.38. The quantitative estimate of drug-likeness (QED) is 0.263. The zero-order valence-electron chi connectivity index (χ0n) is 15.8. The summed E-state index contributed by atoms with van der Waals surface area (Å²) in [6.45, 7) is 5.25. The number of nitrogens with zero attached hydrogens (tertiary/aromatic N) is 2. The van der Waals surface area contributed by atoms with Crippen LogP contribution in [0, 0.1) is 6.92 Å². The maximum atomic E-state index is 12.7. The highest BCUT2D eigenvalue weighted by Gasteiger charge is 2.35. The van der Waals surface area contributed by atoms with Gasteiger partial charge in [0.05, 0.1) is 12.7 Å². The minimum Gasteiger partial charge on any atom is -0.394 e. The van der Waals surface area contributed by atoms with Gasteiger partial charge in [0, 0.05) is 50.9 Å². The molecule has 0 spiro atoms. The molecule has 27 heavy (non-hydrogen) atoms. The van der Waals surface area contributed by atoms with Gasteiger partial charge in [-0.05, 0) is 19.9 Å². The first-order chi connectivity index (χ1) is 13.0. The molecule has 1 saturated heterocycles. The van der Waals surface area contributed by atoms with Crippen molar-refractivity contribution in [3.05, 3.63) is 32.6 Å². The van der Waals surface area contributed by atoms with Crippen LogP contribution in [0.1, 0.15) is 24.6 Å². The largest absolute Gasteiger partial charge is 0.394 e. The highest BCUT2D eigenvalue weighted by Crippen LogP contribution is 2.27. The fraction of sp³-hybridized carbons (Fsp3) is 0.765. The van der Waals surface area contributed by atoms with Crippen LogP contribution in [0.5, 0.6) is 0 Å². The van der Waals surface area contributed by atoms with Gasteiger partial charge in [0.25, 0.3) is 5.56 Å². The van der Waals surface area contributed by atoms with E-state index < -0.39 is 24.1 Å². The summed E-state index contributed by atoms with van der Waals surface area (Å²) in [5, 5.41) is 25.5. The monoisotopic (exact) mass is 385 g/mol. The fourth-order valence-corrected chi connectivity index (χ4v) is 3.10. The molecule has 0 aliphatic carbocycles. The van der Waals surface area contributed by atoms with Gasteiger partial charge in [0.2, 0.25) is 0 Å². The second-order valence-corrected chi connectivity index (χ2v) is 6.72. The molecule has 10 nitrogen and oxygen atoms in total. The van der Waals surface area contributed by atoms with E-state index >= 15 is 0 Å². The third kappa shape index (κ3) is 5.71. The number of aromatic nitrogens is 2. The van der Waals surface area contributed by atoms with Crippen LogP contribution in [0.4, 0.5) is 0 Å². The molecule has 154 valence electrons. The molecule has 2 rings (SSSR count). The molecule has 6 N–H and O–H groups in total. The van der Waals surface area contributed by atoms with Crippen molar-refractivity contribution in [3.8, 4) is 0 Å². The molecule has 0 saturated carbocycles. The highest BCUT2D eigenvalue weighted by atomic mass is 16.5. The van der Waals surface area contributed by atoms with Gasteiger partial charge in [0.15, 0.2) is 0 Å². The Morgan fingerprint density at radius 1 is 1.26 bits per heavy atom. The van der Waals surface area contributed by atoms with Crippen molar-refractivity contribution in [1.82, 2.24) is 19.8 Å². The van der Waals surface area contributed by atoms with E-state index in [-0.39, 0.29) is 18.6 Å². The van der Waals surface area contributed by atoms with E-state index in [1.807, 2.05) is 0 Å². The number of nitrogens with two attached hydrogens (primary N) is 1. The topological polar surface area (TPSA) is 144 Å². The van der Waals surface area contributed by atoms with Crippen molar-refractivity contribution in [2.24, 2.45) is 5.73 Å². The third-order valence-corrected chi connectivity index (χ3v) is 4.60. The van der Waals surface area contributed by atoms with Crippen molar-refractivity contribution < 1.29 is 14.9 Å². The lowest BCUT2D eigenvalue weighted by Crippen LogP contribution is -2.42. The summed E-state index contributed by atoms with van der Waals surface area (Å²) in [5.74, 6) is 0. The zero-order chi connectivity index (χ0) is 19.8. The summed E-state index contributed by atoms with van der Waals surface area (Å²) in [4.78, 5) is 25.1. The molecule has 0 unspecified atom stereocenters. The van der Waals surface area contributed by atoms with E-state index in [1.54, 1.807) is 6.92 Å². The van der Waals surface area contributed by atoms with Gasteiger partial charge >= 0.3 is 5.69 Å². The maximum absolute atomic E-state index is 12.7. The van der Waals surface area contributed by atoms with Crippen molar-refractivity contribution in [3.63, 3.8) is 0 Å².